The van der Waals surface area contributed by atoms with Gasteiger partial charge in [-0.3, -0.25) is 0 Å². The van der Waals surface area contributed by atoms with Gasteiger partial charge in [0.1, 0.15) is 22.9 Å². The molecule has 0 fully saturated rings. The van der Waals surface area contributed by atoms with Crippen molar-refractivity contribution in [3.8, 4) is 11.5 Å². The van der Waals surface area contributed by atoms with Gasteiger partial charge < -0.3 is 9.47 Å². The largest absolute Gasteiger partial charge is 0.491 e. The Morgan fingerprint density at radius 2 is 1.09 bits per heavy atom. The highest BCUT2D eigenvalue weighted by atomic mass is 16.5. The highest BCUT2D eigenvalue weighted by molar-refractivity contribution is 5.54. The van der Waals surface area contributed by atoms with E-state index >= 15 is 0 Å². The van der Waals surface area contributed by atoms with Gasteiger partial charge in [0.2, 0.25) is 0 Å². The Balaban J connectivity index is 2.18. The molecule has 2 aromatic rings. The van der Waals surface area contributed by atoms with Crippen LogP contribution in [-0.2, 0) is 0 Å². The van der Waals surface area contributed by atoms with Crippen molar-refractivity contribution in [2.45, 2.75) is 26.7 Å². The molecule has 0 bridgehead atoms. The predicted molar refractivity (Wildman–Crippen MR) is 88.6 cm³/mol. The zero-order valence-electron chi connectivity index (χ0n) is 13.2. The number of hydrogen-bond donors (Lipinski definition) is 0. The molecule has 0 aromatic heterocycles. The zero-order chi connectivity index (χ0) is 15.6. The second kappa shape index (κ2) is 8.82. The lowest BCUT2D eigenvalue weighted by Crippen LogP contribution is -1.95. The lowest BCUT2D eigenvalue weighted by Gasteiger charge is -2.08. The van der Waals surface area contributed by atoms with E-state index in [4.69, 9.17) is 9.47 Å². The van der Waals surface area contributed by atoms with Gasteiger partial charge in [0.25, 0.3) is 0 Å². The van der Waals surface area contributed by atoms with Crippen molar-refractivity contribution >= 4 is 11.4 Å². The van der Waals surface area contributed by atoms with Gasteiger partial charge in [-0.25, -0.2) is 0 Å². The highest BCUT2D eigenvalue weighted by Gasteiger charge is 2.04. The fraction of sp³-hybridized carbons (Fsp3) is 0.333. The van der Waals surface area contributed by atoms with Crippen molar-refractivity contribution < 1.29 is 9.47 Å². The molecule has 2 aromatic carbocycles. The molecule has 116 valence electrons. The minimum absolute atomic E-state index is 0.669. The molecule has 0 spiro atoms. The molecule has 0 atom stereocenters. The fourth-order valence-corrected chi connectivity index (χ4v) is 1.86. The second-order valence-corrected chi connectivity index (χ2v) is 4.83. The van der Waals surface area contributed by atoms with Gasteiger partial charge >= 0.3 is 0 Å². The zero-order valence-corrected chi connectivity index (χ0v) is 13.2. The molecule has 0 aliphatic rings. The minimum Gasteiger partial charge on any atom is -0.491 e. The van der Waals surface area contributed by atoms with Crippen LogP contribution in [0.1, 0.15) is 26.7 Å². The van der Waals surface area contributed by atoms with Crippen LogP contribution in [0.5, 0.6) is 11.5 Å². The topological polar surface area (TPSA) is 43.2 Å². The van der Waals surface area contributed by atoms with Crippen LogP contribution < -0.4 is 9.47 Å². The van der Waals surface area contributed by atoms with Crippen molar-refractivity contribution in [1.29, 1.82) is 0 Å². The average Bonchev–Trinajstić information content (AvgIpc) is 2.57. The van der Waals surface area contributed by atoms with Crippen molar-refractivity contribution in [1.82, 2.24) is 0 Å². The van der Waals surface area contributed by atoms with Gasteiger partial charge in [-0.15, -0.1) is 10.2 Å². The molecule has 0 amide bonds. The third-order valence-electron chi connectivity index (χ3n) is 2.92. The van der Waals surface area contributed by atoms with Crippen LogP contribution in [0.3, 0.4) is 0 Å². The van der Waals surface area contributed by atoms with Crippen LogP contribution in [0.4, 0.5) is 11.4 Å². The molecular weight excluding hydrogens is 276 g/mol. The first-order chi connectivity index (χ1) is 10.8. The molecule has 0 aliphatic heterocycles. The predicted octanol–water partition coefficient (Wildman–Crippen LogP) is 5.68. The summed E-state index contributed by atoms with van der Waals surface area (Å²) < 4.78 is 11.4. The van der Waals surface area contributed by atoms with Crippen molar-refractivity contribution in [2.75, 3.05) is 13.2 Å². The van der Waals surface area contributed by atoms with E-state index in [9.17, 15) is 0 Å². The SMILES string of the molecule is CCCOc1ccccc1N=Nc1ccccc1OCCC. The molecule has 0 heterocycles. The Bertz CT molecular complexity index is 558. The maximum atomic E-state index is 5.68. The van der Waals surface area contributed by atoms with Crippen molar-refractivity contribution in [3.63, 3.8) is 0 Å². The summed E-state index contributed by atoms with van der Waals surface area (Å²) >= 11 is 0. The first-order valence-corrected chi connectivity index (χ1v) is 7.70. The van der Waals surface area contributed by atoms with Crippen LogP contribution in [0.2, 0.25) is 0 Å². The third-order valence-corrected chi connectivity index (χ3v) is 2.92. The number of rotatable bonds is 8. The molecule has 2 rings (SSSR count). The van der Waals surface area contributed by atoms with Crippen LogP contribution in [0.25, 0.3) is 0 Å². The smallest absolute Gasteiger partial charge is 0.146 e. The van der Waals surface area contributed by atoms with E-state index < -0.39 is 0 Å². The second-order valence-electron chi connectivity index (χ2n) is 4.83. The quantitative estimate of drug-likeness (QED) is 0.588. The number of para-hydroxylation sites is 2. The summed E-state index contributed by atoms with van der Waals surface area (Å²) in [6.07, 6.45) is 1.92. The lowest BCUT2D eigenvalue weighted by molar-refractivity contribution is 0.317. The third kappa shape index (κ3) is 4.58. The molecule has 0 radical (unpaired) electrons. The number of ether oxygens (including phenoxy) is 2. The lowest BCUT2D eigenvalue weighted by atomic mass is 10.3. The first-order valence-electron chi connectivity index (χ1n) is 7.70. The Hall–Kier alpha value is -2.36. The van der Waals surface area contributed by atoms with Gasteiger partial charge in [0, 0.05) is 0 Å². The summed E-state index contributed by atoms with van der Waals surface area (Å²) in [5.74, 6) is 1.50. The number of azo groups is 1. The van der Waals surface area contributed by atoms with Crippen molar-refractivity contribution in [3.05, 3.63) is 48.5 Å². The summed E-state index contributed by atoms with van der Waals surface area (Å²) in [5.41, 5.74) is 1.45. The average molecular weight is 298 g/mol. The summed E-state index contributed by atoms with van der Waals surface area (Å²) in [4.78, 5) is 0. The van der Waals surface area contributed by atoms with E-state index in [1.807, 2.05) is 48.5 Å². The number of nitrogens with zero attached hydrogens (tertiary/aromatic N) is 2. The van der Waals surface area contributed by atoms with Gasteiger partial charge in [-0.2, -0.15) is 0 Å². The van der Waals surface area contributed by atoms with E-state index in [1.165, 1.54) is 0 Å². The molecule has 0 saturated heterocycles. The molecule has 0 unspecified atom stereocenters. The Morgan fingerprint density at radius 3 is 1.50 bits per heavy atom. The summed E-state index contributed by atoms with van der Waals surface area (Å²) in [6, 6.07) is 15.3. The van der Waals surface area contributed by atoms with Crippen LogP contribution in [-0.4, -0.2) is 13.2 Å². The van der Waals surface area contributed by atoms with Gasteiger partial charge in [-0.1, -0.05) is 38.1 Å². The van der Waals surface area contributed by atoms with E-state index in [0.29, 0.717) is 13.2 Å². The maximum absolute atomic E-state index is 5.68. The van der Waals surface area contributed by atoms with Gasteiger partial charge in [0.05, 0.1) is 13.2 Å². The molecule has 0 saturated carbocycles. The minimum atomic E-state index is 0.669. The first kappa shape index (κ1) is 16.0. The number of hydrogen-bond acceptors (Lipinski definition) is 4. The monoisotopic (exact) mass is 298 g/mol. The van der Waals surface area contributed by atoms with E-state index in [-0.39, 0.29) is 0 Å². The molecular formula is C18H22N2O2. The van der Waals surface area contributed by atoms with E-state index in [1.54, 1.807) is 0 Å². The Labute approximate surface area is 131 Å². The van der Waals surface area contributed by atoms with E-state index in [0.717, 1.165) is 35.7 Å². The molecule has 4 heteroatoms. The normalized spacial score (nSPS) is 10.8. The molecule has 0 aliphatic carbocycles. The van der Waals surface area contributed by atoms with Crippen LogP contribution in [0, 0.1) is 0 Å². The fourth-order valence-electron chi connectivity index (χ4n) is 1.86. The summed E-state index contributed by atoms with van der Waals surface area (Å²) in [7, 11) is 0. The standard InChI is InChI=1S/C18H22N2O2/c1-3-13-21-17-11-7-5-9-15(17)19-20-16-10-6-8-12-18(16)22-14-4-2/h5-12H,3-4,13-14H2,1-2H3. The number of benzene rings is 2. The van der Waals surface area contributed by atoms with Crippen LogP contribution >= 0.6 is 0 Å². The summed E-state index contributed by atoms with van der Waals surface area (Å²) in [5, 5.41) is 8.64. The maximum Gasteiger partial charge on any atom is 0.146 e. The van der Waals surface area contributed by atoms with Crippen LogP contribution in [0.15, 0.2) is 58.8 Å². The van der Waals surface area contributed by atoms with Gasteiger partial charge in [-0.05, 0) is 37.1 Å². The Morgan fingerprint density at radius 1 is 0.682 bits per heavy atom. The molecule has 0 N–H and O–H groups in total. The van der Waals surface area contributed by atoms with E-state index in [2.05, 4.69) is 24.1 Å². The van der Waals surface area contributed by atoms with Gasteiger partial charge in [0.15, 0.2) is 0 Å². The Kier molecular flexibility index (Phi) is 6.42. The summed E-state index contributed by atoms with van der Waals surface area (Å²) in [6.45, 7) is 5.49. The molecule has 22 heavy (non-hydrogen) atoms. The van der Waals surface area contributed by atoms with Crippen molar-refractivity contribution in [2.24, 2.45) is 10.2 Å². The highest BCUT2D eigenvalue weighted by Crippen LogP contribution is 2.32. The molecule has 4 nitrogen and oxygen atoms in total.